The summed E-state index contributed by atoms with van der Waals surface area (Å²) in [6.07, 6.45) is 9.99. The summed E-state index contributed by atoms with van der Waals surface area (Å²) in [6, 6.07) is 0. The summed E-state index contributed by atoms with van der Waals surface area (Å²) >= 11 is 0. The summed E-state index contributed by atoms with van der Waals surface area (Å²) in [6.45, 7) is 6.24. The van der Waals surface area contributed by atoms with E-state index in [0.717, 1.165) is 25.7 Å². The topological polar surface area (TPSA) is 60.4 Å². The molecule has 0 spiro atoms. The molecule has 0 amide bonds. The van der Waals surface area contributed by atoms with Gasteiger partial charge in [-0.2, -0.15) is 0 Å². The highest BCUT2D eigenvalue weighted by Gasteiger charge is 2.63. The summed E-state index contributed by atoms with van der Waals surface area (Å²) in [5.74, 6) is 1.06. The highest BCUT2D eigenvalue weighted by molar-refractivity contribution is 6.01. The van der Waals surface area contributed by atoms with E-state index in [1.165, 1.54) is 12.7 Å². The number of hydrogen-bond acceptors (Lipinski definition) is 4. The molecule has 146 valence electrons. The van der Waals surface area contributed by atoms with Gasteiger partial charge in [-0.15, -0.1) is 0 Å². The summed E-state index contributed by atoms with van der Waals surface area (Å²) < 4.78 is 4.99. The molecule has 0 aromatic rings. The second kappa shape index (κ2) is 6.15. The minimum atomic E-state index is -0.430. The van der Waals surface area contributed by atoms with Gasteiger partial charge < -0.3 is 4.74 Å². The molecule has 2 unspecified atom stereocenters. The van der Waals surface area contributed by atoms with E-state index in [1.807, 2.05) is 6.92 Å². The number of allylic oxidation sites excluding steroid dienone is 4. The van der Waals surface area contributed by atoms with E-state index in [4.69, 9.17) is 4.74 Å². The average Bonchev–Trinajstić information content (AvgIpc) is 3.01. The monoisotopic (exact) mass is 370 g/mol. The van der Waals surface area contributed by atoms with Crippen LogP contribution in [0, 0.1) is 40.4 Å². The number of fused-ring (bicyclic) bond motifs is 5. The van der Waals surface area contributed by atoms with Crippen molar-refractivity contribution in [2.75, 3.05) is 7.11 Å². The molecular formula is C23H30O4. The largest absolute Gasteiger partial charge is 0.469 e. The molecule has 0 aromatic heterocycles. The lowest BCUT2D eigenvalue weighted by atomic mass is 9.47. The zero-order valence-corrected chi connectivity index (χ0v) is 16.8. The zero-order valence-electron chi connectivity index (χ0n) is 16.8. The lowest BCUT2D eigenvalue weighted by Crippen LogP contribution is -2.55. The fourth-order valence-corrected chi connectivity index (χ4v) is 7.10. The Hall–Kier alpha value is -1.71. The molecular weight excluding hydrogens is 340 g/mol. The Balaban J connectivity index is 1.69. The molecule has 0 aliphatic heterocycles. The van der Waals surface area contributed by atoms with Crippen molar-refractivity contribution in [2.45, 2.75) is 52.9 Å². The first-order chi connectivity index (χ1) is 12.7. The number of carbonyl (C=O) groups excluding carboxylic acids is 3. The maximum atomic E-state index is 13.5. The van der Waals surface area contributed by atoms with Gasteiger partial charge in [-0.1, -0.05) is 32.4 Å². The average molecular weight is 370 g/mol. The van der Waals surface area contributed by atoms with E-state index < -0.39 is 5.41 Å². The number of hydrogen-bond donors (Lipinski definition) is 0. The van der Waals surface area contributed by atoms with Crippen molar-refractivity contribution in [1.82, 2.24) is 0 Å². The van der Waals surface area contributed by atoms with Crippen LogP contribution < -0.4 is 0 Å². The van der Waals surface area contributed by atoms with Gasteiger partial charge in [0.05, 0.1) is 13.0 Å². The van der Waals surface area contributed by atoms with Crippen molar-refractivity contribution >= 4 is 17.5 Å². The number of methoxy groups -OCH3 is 1. The third-order valence-electron chi connectivity index (χ3n) is 8.66. The molecule has 4 aliphatic rings. The van der Waals surface area contributed by atoms with Crippen LogP contribution >= 0.6 is 0 Å². The molecule has 27 heavy (non-hydrogen) atoms. The van der Waals surface area contributed by atoms with Crippen LogP contribution in [0.4, 0.5) is 0 Å². The molecule has 0 N–H and O–H groups in total. The predicted molar refractivity (Wildman–Crippen MR) is 102 cm³/mol. The van der Waals surface area contributed by atoms with Crippen molar-refractivity contribution < 1.29 is 19.1 Å². The Bertz CT molecular complexity index is 762. The number of carbonyl (C=O) groups is 3. The van der Waals surface area contributed by atoms with Gasteiger partial charge in [-0.3, -0.25) is 14.4 Å². The number of ether oxygens (including phenoxy) is 1. The lowest BCUT2D eigenvalue weighted by molar-refractivity contribution is -0.155. The van der Waals surface area contributed by atoms with Crippen LogP contribution in [0.1, 0.15) is 52.9 Å². The fraction of sp³-hybridized carbons (Fsp3) is 0.696. The van der Waals surface area contributed by atoms with Gasteiger partial charge in [0.25, 0.3) is 0 Å². The highest BCUT2D eigenvalue weighted by atomic mass is 16.5. The van der Waals surface area contributed by atoms with Gasteiger partial charge >= 0.3 is 5.97 Å². The van der Waals surface area contributed by atoms with Gasteiger partial charge in [-0.25, -0.2) is 0 Å². The number of rotatable bonds is 2. The zero-order chi connectivity index (χ0) is 19.6. The molecule has 4 rings (SSSR count). The van der Waals surface area contributed by atoms with E-state index in [1.54, 1.807) is 12.2 Å². The Morgan fingerprint density at radius 2 is 1.93 bits per heavy atom. The Morgan fingerprint density at radius 3 is 2.63 bits per heavy atom. The van der Waals surface area contributed by atoms with Crippen LogP contribution in [0.3, 0.4) is 0 Å². The van der Waals surface area contributed by atoms with Crippen LogP contribution in [-0.4, -0.2) is 24.6 Å². The summed E-state index contributed by atoms with van der Waals surface area (Å²) in [4.78, 5) is 37.5. The second-order valence-corrected chi connectivity index (χ2v) is 9.51. The van der Waals surface area contributed by atoms with Gasteiger partial charge in [0, 0.05) is 17.3 Å². The molecule has 0 aromatic carbocycles. The first kappa shape index (κ1) is 18.6. The van der Waals surface area contributed by atoms with E-state index in [2.05, 4.69) is 19.9 Å². The minimum Gasteiger partial charge on any atom is -0.469 e. The number of Topliss-reactive ketones (excluding diaryl/α,β-unsaturated/α-hetero) is 1. The van der Waals surface area contributed by atoms with Crippen molar-refractivity contribution in [1.29, 1.82) is 0 Å². The van der Waals surface area contributed by atoms with Crippen LogP contribution in [0.15, 0.2) is 23.8 Å². The van der Waals surface area contributed by atoms with Crippen molar-refractivity contribution in [3.05, 3.63) is 23.8 Å². The van der Waals surface area contributed by atoms with Gasteiger partial charge in [0.15, 0.2) is 5.78 Å². The van der Waals surface area contributed by atoms with E-state index in [-0.39, 0.29) is 34.9 Å². The highest BCUT2D eigenvalue weighted by Crippen LogP contribution is 2.65. The van der Waals surface area contributed by atoms with E-state index in [9.17, 15) is 14.4 Å². The smallest absolute Gasteiger partial charge is 0.308 e. The lowest BCUT2D eigenvalue weighted by Gasteiger charge is -2.56. The van der Waals surface area contributed by atoms with Crippen molar-refractivity contribution in [2.24, 2.45) is 40.4 Å². The third-order valence-corrected chi connectivity index (χ3v) is 8.66. The number of esters is 1. The van der Waals surface area contributed by atoms with Crippen LogP contribution in [0.5, 0.6) is 0 Å². The molecule has 4 heteroatoms. The van der Waals surface area contributed by atoms with Gasteiger partial charge in [-0.05, 0) is 61.5 Å². The molecule has 0 radical (unpaired) electrons. The van der Waals surface area contributed by atoms with E-state index in [0.29, 0.717) is 24.0 Å². The first-order valence-electron chi connectivity index (χ1n) is 10.3. The Kier molecular flexibility index (Phi) is 4.25. The maximum absolute atomic E-state index is 13.5. The summed E-state index contributed by atoms with van der Waals surface area (Å²) in [7, 11) is 1.43. The van der Waals surface area contributed by atoms with Crippen LogP contribution in [-0.2, 0) is 19.1 Å². The quantitative estimate of drug-likeness (QED) is 0.692. The molecule has 3 fully saturated rings. The number of ketones is 2. The Labute approximate surface area is 161 Å². The molecule has 3 saturated carbocycles. The van der Waals surface area contributed by atoms with Gasteiger partial charge in [0.1, 0.15) is 5.78 Å². The minimum absolute atomic E-state index is 0.0663. The molecule has 7 atom stereocenters. The molecule has 4 nitrogen and oxygen atoms in total. The fourth-order valence-electron chi connectivity index (χ4n) is 7.10. The standard InChI is InChI=1S/C23H30O4/c1-13(21(26)27-4)17-7-8-18-16-6-5-14-11-15(24)9-10-22(14,2)19(16)12-20(25)23(17,18)3/h9-11,13,16-19H,5-8,12H2,1-4H3/t13?,16-,17?,18-,19-,22-,23+/m0/s1. The molecule has 4 aliphatic carbocycles. The first-order valence-corrected chi connectivity index (χ1v) is 10.3. The third kappa shape index (κ3) is 2.44. The molecule has 0 heterocycles. The molecule has 0 saturated heterocycles. The normalized spacial score (nSPS) is 44.1. The van der Waals surface area contributed by atoms with Gasteiger partial charge in [0.2, 0.25) is 0 Å². The van der Waals surface area contributed by atoms with Crippen LogP contribution in [0.2, 0.25) is 0 Å². The predicted octanol–water partition coefficient (Wildman–Crippen LogP) is 3.90. The summed E-state index contributed by atoms with van der Waals surface area (Å²) in [5, 5.41) is 0. The van der Waals surface area contributed by atoms with Crippen LogP contribution in [0.25, 0.3) is 0 Å². The van der Waals surface area contributed by atoms with Crippen molar-refractivity contribution in [3.63, 3.8) is 0 Å². The second-order valence-electron chi connectivity index (χ2n) is 9.51. The maximum Gasteiger partial charge on any atom is 0.308 e. The summed E-state index contributed by atoms with van der Waals surface area (Å²) in [5.41, 5.74) is 0.588. The van der Waals surface area contributed by atoms with E-state index >= 15 is 0 Å². The molecule has 0 bridgehead atoms. The Morgan fingerprint density at radius 1 is 1.19 bits per heavy atom. The van der Waals surface area contributed by atoms with Crippen molar-refractivity contribution in [3.8, 4) is 0 Å². The SMILES string of the molecule is COC(=O)C(C)C1CC[C@H]2[C@@H]3CCC4=CC(=O)C=C[C@]4(C)[C@H]3CC(=O)[C@]12C.